The summed E-state index contributed by atoms with van der Waals surface area (Å²) >= 11 is 0. The molecular weight excluding hydrogens is 399 g/mol. The van der Waals surface area contributed by atoms with Gasteiger partial charge in [-0.3, -0.25) is 4.98 Å². The van der Waals surface area contributed by atoms with E-state index in [1.807, 2.05) is 50.4 Å². The Hall–Kier alpha value is -2.98. The monoisotopic (exact) mass is 430 g/mol. The highest BCUT2D eigenvalue weighted by Crippen LogP contribution is 2.45. The number of aromatic nitrogens is 2. The highest BCUT2D eigenvalue weighted by Gasteiger charge is 2.43. The van der Waals surface area contributed by atoms with Gasteiger partial charge in [-0.1, -0.05) is 57.2 Å². The number of aromatic amines is 1. The molecule has 2 atom stereocenters. The van der Waals surface area contributed by atoms with Crippen LogP contribution in [0.2, 0.25) is 0 Å². The number of nitrogens with one attached hydrogen (secondary N) is 1. The highest BCUT2D eigenvalue weighted by atomic mass is 19.1. The molecule has 0 amide bonds. The maximum absolute atomic E-state index is 14.1. The fraction of sp³-hybridized carbons (Fsp3) is 0.321. The van der Waals surface area contributed by atoms with E-state index >= 15 is 0 Å². The van der Waals surface area contributed by atoms with E-state index in [9.17, 15) is 9.50 Å². The average molecular weight is 431 g/mol. The van der Waals surface area contributed by atoms with Crippen LogP contribution in [0, 0.1) is 12.7 Å². The molecule has 3 nitrogen and oxygen atoms in total. The van der Waals surface area contributed by atoms with Crippen LogP contribution in [0.3, 0.4) is 0 Å². The molecule has 0 saturated carbocycles. The lowest BCUT2D eigenvalue weighted by Gasteiger charge is -2.42. The number of nitrogens with zero attached hydrogens (tertiary/aromatic N) is 1. The molecule has 0 bridgehead atoms. The van der Waals surface area contributed by atoms with Gasteiger partial charge in [0.1, 0.15) is 5.82 Å². The van der Waals surface area contributed by atoms with E-state index in [2.05, 4.69) is 42.0 Å². The van der Waals surface area contributed by atoms with Crippen molar-refractivity contribution in [2.24, 2.45) is 0 Å². The Kier molecular flexibility index (Phi) is 5.91. The molecule has 2 N–H and O–H groups in total. The number of hydrogen-bond donors (Lipinski definition) is 2. The lowest BCUT2D eigenvalue weighted by atomic mass is 9.67. The first kappa shape index (κ1) is 22.2. The minimum absolute atomic E-state index is 0.249. The molecule has 0 saturated heterocycles. The maximum atomic E-state index is 14.1. The molecule has 0 aliphatic heterocycles. The van der Waals surface area contributed by atoms with Crippen molar-refractivity contribution in [2.45, 2.75) is 57.5 Å². The molecule has 2 aromatic carbocycles. The second kappa shape index (κ2) is 8.51. The molecule has 2 aromatic heterocycles. The van der Waals surface area contributed by atoms with Crippen molar-refractivity contribution in [3.8, 4) is 0 Å². The van der Waals surface area contributed by atoms with E-state index in [0.29, 0.717) is 12.8 Å². The van der Waals surface area contributed by atoms with Gasteiger partial charge in [-0.2, -0.15) is 0 Å². The molecular formula is C28H31FN2O. The second-order valence-electron chi connectivity index (χ2n) is 9.51. The summed E-state index contributed by atoms with van der Waals surface area (Å²) in [7, 11) is 0. The molecule has 4 rings (SSSR count). The third-order valence-corrected chi connectivity index (χ3v) is 6.72. The zero-order valence-electron chi connectivity index (χ0n) is 19.2. The number of aryl methyl sites for hydroxylation is 1. The summed E-state index contributed by atoms with van der Waals surface area (Å²) in [5.74, 6) is -0.518. The first-order valence-corrected chi connectivity index (χ1v) is 11.2. The third-order valence-electron chi connectivity index (χ3n) is 6.72. The SMILES string of the molecule is CCC(O)(CC(C)(C)c1cc(F)ccc1C)C(c1ccccc1)c1cc2ccncc2[nH]1. The Morgan fingerprint density at radius 3 is 2.50 bits per heavy atom. The molecule has 4 aromatic rings. The predicted octanol–water partition coefficient (Wildman–Crippen LogP) is 6.65. The van der Waals surface area contributed by atoms with E-state index in [1.54, 1.807) is 12.3 Å². The number of rotatable bonds is 7. The number of hydrogen-bond acceptors (Lipinski definition) is 2. The Morgan fingerprint density at radius 2 is 1.81 bits per heavy atom. The molecule has 4 heteroatoms. The van der Waals surface area contributed by atoms with Crippen LogP contribution in [0.5, 0.6) is 0 Å². The number of aliphatic hydroxyl groups is 1. The van der Waals surface area contributed by atoms with E-state index in [1.165, 1.54) is 6.07 Å². The summed E-state index contributed by atoms with van der Waals surface area (Å²) in [6.45, 7) is 8.20. The molecule has 2 unspecified atom stereocenters. The third kappa shape index (κ3) is 4.20. The fourth-order valence-electron chi connectivity index (χ4n) is 5.19. The zero-order valence-corrected chi connectivity index (χ0v) is 19.2. The lowest BCUT2D eigenvalue weighted by Crippen LogP contribution is -2.42. The number of fused-ring (bicyclic) bond motifs is 1. The van der Waals surface area contributed by atoms with Gasteiger partial charge < -0.3 is 10.1 Å². The number of benzene rings is 2. The average Bonchev–Trinajstić information content (AvgIpc) is 3.19. The normalized spacial score (nSPS) is 14.9. The Bertz CT molecular complexity index is 1180. The van der Waals surface area contributed by atoms with Crippen molar-refractivity contribution in [2.75, 3.05) is 0 Å². The molecule has 2 heterocycles. The Labute approximate surface area is 189 Å². The van der Waals surface area contributed by atoms with Crippen LogP contribution in [0.15, 0.2) is 73.1 Å². The molecule has 32 heavy (non-hydrogen) atoms. The smallest absolute Gasteiger partial charge is 0.123 e. The van der Waals surface area contributed by atoms with Gasteiger partial charge >= 0.3 is 0 Å². The van der Waals surface area contributed by atoms with Gasteiger partial charge in [0.05, 0.1) is 23.2 Å². The van der Waals surface area contributed by atoms with Crippen molar-refractivity contribution in [3.05, 3.63) is 101 Å². The van der Waals surface area contributed by atoms with Gasteiger partial charge in [0.25, 0.3) is 0 Å². The van der Waals surface area contributed by atoms with Crippen LogP contribution in [-0.2, 0) is 5.41 Å². The highest BCUT2D eigenvalue weighted by molar-refractivity contribution is 5.79. The van der Waals surface area contributed by atoms with Gasteiger partial charge in [0.2, 0.25) is 0 Å². The molecule has 0 aliphatic rings. The van der Waals surface area contributed by atoms with Gasteiger partial charge in [0, 0.05) is 17.3 Å². The topological polar surface area (TPSA) is 48.9 Å². The van der Waals surface area contributed by atoms with Crippen LogP contribution in [-0.4, -0.2) is 20.7 Å². The lowest BCUT2D eigenvalue weighted by molar-refractivity contribution is -0.00699. The van der Waals surface area contributed by atoms with Crippen molar-refractivity contribution < 1.29 is 9.50 Å². The van der Waals surface area contributed by atoms with Crippen LogP contribution in [0.4, 0.5) is 4.39 Å². The quantitative estimate of drug-likeness (QED) is 0.345. The van der Waals surface area contributed by atoms with Crippen LogP contribution in [0.1, 0.15) is 61.9 Å². The van der Waals surface area contributed by atoms with E-state index in [-0.39, 0.29) is 11.7 Å². The maximum Gasteiger partial charge on any atom is 0.123 e. The molecule has 0 spiro atoms. The molecule has 166 valence electrons. The van der Waals surface area contributed by atoms with Crippen molar-refractivity contribution in [1.82, 2.24) is 9.97 Å². The molecule has 0 radical (unpaired) electrons. The fourth-order valence-corrected chi connectivity index (χ4v) is 5.19. The van der Waals surface area contributed by atoms with Crippen molar-refractivity contribution in [3.63, 3.8) is 0 Å². The van der Waals surface area contributed by atoms with Gasteiger partial charge in [-0.25, -0.2) is 4.39 Å². The first-order chi connectivity index (χ1) is 15.2. The van der Waals surface area contributed by atoms with Gasteiger partial charge in [-0.15, -0.1) is 0 Å². The summed E-state index contributed by atoms with van der Waals surface area (Å²) in [6.07, 6.45) is 4.62. The predicted molar refractivity (Wildman–Crippen MR) is 128 cm³/mol. The minimum Gasteiger partial charge on any atom is -0.389 e. The van der Waals surface area contributed by atoms with E-state index in [0.717, 1.165) is 33.3 Å². The number of halogens is 1. The summed E-state index contributed by atoms with van der Waals surface area (Å²) in [5.41, 5.74) is 3.41. The summed E-state index contributed by atoms with van der Waals surface area (Å²) < 4.78 is 14.1. The van der Waals surface area contributed by atoms with Crippen LogP contribution >= 0.6 is 0 Å². The number of pyridine rings is 1. The second-order valence-corrected chi connectivity index (χ2v) is 9.51. The zero-order chi connectivity index (χ0) is 22.9. The Balaban J connectivity index is 1.83. The first-order valence-electron chi connectivity index (χ1n) is 11.2. The molecule has 0 aliphatic carbocycles. The number of H-pyrrole nitrogens is 1. The van der Waals surface area contributed by atoms with Crippen molar-refractivity contribution in [1.29, 1.82) is 0 Å². The summed E-state index contributed by atoms with van der Waals surface area (Å²) in [4.78, 5) is 7.73. The minimum atomic E-state index is -1.06. The van der Waals surface area contributed by atoms with Crippen molar-refractivity contribution >= 4 is 10.9 Å². The summed E-state index contributed by atoms with van der Waals surface area (Å²) in [6, 6.07) is 19.1. The Morgan fingerprint density at radius 1 is 1.06 bits per heavy atom. The molecule has 0 fully saturated rings. The largest absolute Gasteiger partial charge is 0.389 e. The summed E-state index contributed by atoms with van der Waals surface area (Å²) in [5, 5.41) is 13.3. The van der Waals surface area contributed by atoms with Crippen LogP contribution in [0.25, 0.3) is 10.9 Å². The van der Waals surface area contributed by atoms with E-state index < -0.39 is 11.0 Å². The standard InChI is InChI=1S/C28H31FN2O/c1-5-28(32,18-27(3,4)23-16-22(29)12-11-19(23)2)26(20-9-7-6-8-10-20)24-15-21-13-14-30-17-25(21)31-24/h6-17,26,31-32H,5,18H2,1-4H3. The van der Waals surface area contributed by atoms with Gasteiger partial charge in [-0.05, 0) is 66.1 Å². The van der Waals surface area contributed by atoms with Gasteiger partial charge in [0.15, 0.2) is 0 Å². The van der Waals surface area contributed by atoms with E-state index in [4.69, 9.17) is 0 Å². The van der Waals surface area contributed by atoms with Crippen LogP contribution < -0.4 is 0 Å².